The molecule has 7 nitrogen and oxygen atoms in total. The van der Waals surface area contributed by atoms with E-state index in [1.807, 2.05) is 0 Å². The number of ether oxygens (including phenoxy) is 2. The maximum absolute atomic E-state index is 14.0. The summed E-state index contributed by atoms with van der Waals surface area (Å²) < 4.78 is 23.8. The van der Waals surface area contributed by atoms with E-state index in [9.17, 15) is 19.3 Å². The van der Waals surface area contributed by atoms with Crippen LogP contribution in [0.4, 0.5) is 15.8 Å². The van der Waals surface area contributed by atoms with E-state index >= 15 is 0 Å². The zero-order valence-corrected chi connectivity index (χ0v) is 11.9. The van der Waals surface area contributed by atoms with Crippen LogP contribution in [-0.2, 0) is 9.47 Å². The number of halogens is 1. The van der Waals surface area contributed by atoms with E-state index < -0.39 is 28.0 Å². The van der Waals surface area contributed by atoms with Crippen LogP contribution >= 0.6 is 0 Å². The molecule has 0 heterocycles. The third-order valence-electron chi connectivity index (χ3n) is 3.70. The maximum Gasteiger partial charge on any atom is 0.341 e. The van der Waals surface area contributed by atoms with E-state index in [0.717, 1.165) is 19.2 Å². The highest BCUT2D eigenvalue weighted by Crippen LogP contribution is 2.46. The highest BCUT2D eigenvalue weighted by Gasteiger charge is 2.49. The molecule has 1 aliphatic carbocycles. The fraction of sp³-hybridized carbons (Fsp3) is 0.462. The summed E-state index contributed by atoms with van der Waals surface area (Å²) in [4.78, 5) is 23.5. The fourth-order valence-electron chi connectivity index (χ4n) is 2.24. The van der Waals surface area contributed by atoms with E-state index in [0.29, 0.717) is 12.8 Å². The van der Waals surface area contributed by atoms with Crippen LogP contribution in [0.15, 0.2) is 12.1 Å². The Morgan fingerprint density at radius 1 is 1.43 bits per heavy atom. The molecular weight excluding hydrogens is 283 g/mol. The van der Waals surface area contributed by atoms with E-state index in [1.165, 1.54) is 12.0 Å². The molecule has 0 spiro atoms. The van der Waals surface area contributed by atoms with Crippen LogP contribution in [0, 0.1) is 15.9 Å². The van der Waals surface area contributed by atoms with Gasteiger partial charge >= 0.3 is 5.97 Å². The highest BCUT2D eigenvalue weighted by molar-refractivity contribution is 5.91. The SMILES string of the molecule is COC(=O)c1cc([N+](=O)[O-])c(N(C)C2(OC)CC2)cc1F. The van der Waals surface area contributed by atoms with Gasteiger partial charge in [0.2, 0.25) is 0 Å². The predicted octanol–water partition coefficient (Wildman–Crippen LogP) is 2.09. The maximum atomic E-state index is 14.0. The minimum absolute atomic E-state index is 0.0597. The number of nitro benzene ring substituents is 1. The summed E-state index contributed by atoms with van der Waals surface area (Å²) in [6.45, 7) is 0. The summed E-state index contributed by atoms with van der Waals surface area (Å²) >= 11 is 0. The molecule has 1 aromatic carbocycles. The molecule has 0 aliphatic heterocycles. The third-order valence-corrected chi connectivity index (χ3v) is 3.70. The van der Waals surface area contributed by atoms with Crippen molar-refractivity contribution in [1.29, 1.82) is 0 Å². The van der Waals surface area contributed by atoms with Gasteiger partial charge in [-0.05, 0) is 12.8 Å². The average molecular weight is 298 g/mol. The van der Waals surface area contributed by atoms with Crippen LogP contribution in [0.2, 0.25) is 0 Å². The van der Waals surface area contributed by atoms with Crippen LogP contribution in [0.3, 0.4) is 0 Å². The van der Waals surface area contributed by atoms with E-state index in [-0.39, 0.29) is 11.4 Å². The Morgan fingerprint density at radius 2 is 2.05 bits per heavy atom. The summed E-state index contributed by atoms with van der Waals surface area (Å²) in [6.07, 6.45) is 1.38. The Kier molecular flexibility index (Phi) is 3.82. The van der Waals surface area contributed by atoms with Gasteiger partial charge in [0.05, 0.1) is 12.0 Å². The zero-order valence-electron chi connectivity index (χ0n) is 11.9. The molecule has 21 heavy (non-hydrogen) atoms. The van der Waals surface area contributed by atoms with Crippen LogP contribution in [-0.4, -0.2) is 37.9 Å². The van der Waals surface area contributed by atoms with Gasteiger partial charge in [-0.3, -0.25) is 10.1 Å². The van der Waals surface area contributed by atoms with Gasteiger partial charge in [-0.15, -0.1) is 0 Å². The van der Waals surface area contributed by atoms with Crippen molar-refractivity contribution in [2.24, 2.45) is 0 Å². The number of anilines is 1. The van der Waals surface area contributed by atoms with Gasteiger partial charge in [0.25, 0.3) is 5.69 Å². The second-order valence-corrected chi connectivity index (χ2v) is 4.78. The number of benzene rings is 1. The molecule has 0 bridgehead atoms. The summed E-state index contributed by atoms with van der Waals surface area (Å²) in [5, 5.41) is 11.2. The molecule has 1 aromatic rings. The van der Waals surface area contributed by atoms with Crippen LogP contribution in [0.1, 0.15) is 23.2 Å². The number of carbonyl (C=O) groups is 1. The van der Waals surface area contributed by atoms with Crippen molar-refractivity contribution in [3.63, 3.8) is 0 Å². The van der Waals surface area contributed by atoms with Crippen molar-refractivity contribution in [2.75, 3.05) is 26.2 Å². The average Bonchev–Trinajstić information content (AvgIpc) is 3.26. The molecule has 1 fully saturated rings. The van der Waals surface area contributed by atoms with Crippen molar-refractivity contribution in [1.82, 2.24) is 0 Å². The van der Waals surface area contributed by atoms with Crippen LogP contribution in [0.25, 0.3) is 0 Å². The molecule has 1 saturated carbocycles. The van der Waals surface area contributed by atoms with Gasteiger partial charge in [-0.2, -0.15) is 0 Å². The molecule has 0 radical (unpaired) electrons. The summed E-state index contributed by atoms with van der Waals surface area (Å²) in [5.74, 6) is -1.83. The van der Waals surface area contributed by atoms with E-state index in [4.69, 9.17) is 4.74 Å². The van der Waals surface area contributed by atoms with E-state index in [1.54, 1.807) is 7.05 Å². The lowest BCUT2D eigenvalue weighted by molar-refractivity contribution is -0.384. The van der Waals surface area contributed by atoms with Gasteiger partial charge in [0, 0.05) is 26.3 Å². The second-order valence-electron chi connectivity index (χ2n) is 4.78. The van der Waals surface area contributed by atoms with Gasteiger partial charge < -0.3 is 14.4 Å². The number of carbonyl (C=O) groups excluding carboxylic acids is 1. The number of esters is 1. The summed E-state index contributed by atoms with van der Waals surface area (Å²) in [5.41, 5.74) is -1.43. The standard InChI is InChI=1S/C13H15FN2O5/c1-15(13(21-3)4-5-13)10-7-9(14)8(12(17)20-2)6-11(10)16(18)19/h6-7H,4-5H2,1-3H3. The predicted molar refractivity (Wildman–Crippen MR) is 71.8 cm³/mol. The largest absolute Gasteiger partial charge is 0.465 e. The van der Waals surface area contributed by atoms with Crippen LogP contribution < -0.4 is 4.90 Å². The van der Waals surface area contributed by atoms with Gasteiger partial charge in [-0.1, -0.05) is 0 Å². The number of nitro groups is 1. The van der Waals surface area contributed by atoms with Crippen molar-refractivity contribution in [2.45, 2.75) is 18.6 Å². The Labute approximate surface area is 120 Å². The Morgan fingerprint density at radius 3 is 2.48 bits per heavy atom. The topological polar surface area (TPSA) is 81.9 Å². The molecule has 0 amide bonds. The minimum Gasteiger partial charge on any atom is -0.465 e. The molecule has 114 valence electrons. The zero-order chi connectivity index (χ0) is 15.8. The highest BCUT2D eigenvalue weighted by atomic mass is 19.1. The molecule has 0 atom stereocenters. The first-order chi connectivity index (χ1) is 9.86. The molecule has 1 aliphatic rings. The number of methoxy groups -OCH3 is 2. The van der Waals surface area contributed by atoms with Crippen LogP contribution in [0.5, 0.6) is 0 Å². The minimum atomic E-state index is -0.960. The quantitative estimate of drug-likeness (QED) is 0.358. The summed E-state index contributed by atoms with van der Waals surface area (Å²) in [7, 11) is 4.17. The van der Waals surface area contributed by atoms with Crippen molar-refractivity contribution in [3.05, 3.63) is 33.6 Å². The first kappa shape index (κ1) is 15.2. The normalized spacial score (nSPS) is 15.4. The number of rotatable bonds is 5. The monoisotopic (exact) mass is 298 g/mol. The number of nitrogens with zero attached hydrogens (tertiary/aromatic N) is 2. The summed E-state index contributed by atoms with van der Waals surface area (Å²) in [6, 6.07) is 1.85. The first-order valence-corrected chi connectivity index (χ1v) is 6.21. The van der Waals surface area contributed by atoms with Gasteiger partial charge in [0.1, 0.15) is 22.8 Å². The molecule has 0 saturated heterocycles. The lowest BCUT2D eigenvalue weighted by Gasteiger charge is -2.28. The molecule has 0 aromatic heterocycles. The number of hydrogen-bond acceptors (Lipinski definition) is 6. The lowest BCUT2D eigenvalue weighted by atomic mass is 10.1. The van der Waals surface area contributed by atoms with Crippen molar-refractivity contribution in [3.8, 4) is 0 Å². The Balaban J connectivity index is 2.53. The molecule has 0 unspecified atom stereocenters. The number of hydrogen-bond donors (Lipinski definition) is 0. The Hall–Kier alpha value is -2.22. The smallest absolute Gasteiger partial charge is 0.341 e. The van der Waals surface area contributed by atoms with Gasteiger partial charge in [0.15, 0.2) is 0 Å². The lowest BCUT2D eigenvalue weighted by Crippen LogP contribution is -2.36. The molecule has 0 N–H and O–H groups in total. The fourth-order valence-corrected chi connectivity index (χ4v) is 2.24. The third kappa shape index (κ3) is 2.54. The van der Waals surface area contributed by atoms with E-state index in [2.05, 4.69) is 4.74 Å². The van der Waals surface area contributed by atoms with Crippen molar-refractivity contribution >= 4 is 17.3 Å². The molecular formula is C13H15FN2O5. The molecule has 2 rings (SSSR count). The first-order valence-electron chi connectivity index (χ1n) is 6.21. The molecule has 8 heteroatoms. The van der Waals surface area contributed by atoms with Crippen molar-refractivity contribution < 1.29 is 23.6 Å². The van der Waals surface area contributed by atoms with Gasteiger partial charge in [-0.25, -0.2) is 9.18 Å². The second kappa shape index (κ2) is 5.28. The Bertz CT molecular complexity index is 600.